The van der Waals surface area contributed by atoms with Gasteiger partial charge in [-0.2, -0.15) is 0 Å². The fourth-order valence-electron chi connectivity index (χ4n) is 5.79. The van der Waals surface area contributed by atoms with Crippen LogP contribution in [0.5, 0.6) is 0 Å². The Morgan fingerprint density at radius 3 is 1.46 bits per heavy atom. The van der Waals surface area contributed by atoms with E-state index >= 15 is 0 Å². The first-order chi connectivity index (χ1) is 24.5. The Bertz CT molecular complexity index is 2310. The molecule has 0 N–H and O–H groups in total. The van der Waals surface area contributed by atoms with Crippen LogP contribution in [0.4, 0.5) is 17.1 Å². The third kappa shape index (κ3) is 5.49. The molecule has 0 aliphatic heterocycles. The second-order valence-electron chi connectivity index (χ2n) is 11.1. The van der Waals surface area contributed by atoms with Gasteiger partial charge in [0.1, 0.15) is 11.3 Å². The third-order valence-electron chi connectivity index (χ3n) is 8.16. The van der Waals surface area contributed by atoms with Crippen molar-refractivity contribution < 1.29 is 9.90 Å². The molecule has 218 valence electrons. The van der Waals surface area contributed by atoms with Gasteiger partial charge in [-0.05, 0) is 87.9 Å². The molecule has 0 saturated heterocycles. The van der Waals surface area contributed by atoms with Crippen LogP contribution in [0.1, 0.15) is 5.48 Å². The van der Waals surface area contributed by atoms with E-state index in [1.807, 2.05) is 144 Å². The molecular weight excluding hydrogens is 558 g/mol. The Kier molecular flexibility index (Phi) is 6.13. The molecule has 0 bridgehead atoms. The van der Waals surface area contributed by atoms with E-state index in [2.05, 4.69) is 24.3 Å². The molecular formula is C44H31NO. The summed E-state index contributed by atoms with van der Waals surface area (Å²) in [6, 6.07) is 52.9. The van der Waals surface area contributed by atoms with Gasteiger partial charge in [0.25, 0.3) is 0 Å². The summed E-state index contributed by atoms with van der Waals surface area (Å²) in [4.78, 5) is 1.82. The quantitative estimate of drug-likeness (QED) is 0.183. The van der Waals surface area contributed by atoms with Gasteiger partial charge in [-0.25, -0.2) is 0 Å². The van der Waals surface area contributed by atoms with Gasteiger partial charge >= 0.3 is 0 Å². The molecule has 8 aromatic rings. The number of para-hydroxylation sites is 1. The van der Waals surface area contributed by atoms with Crippen molar-refractivity contribution in [1.29, 1.82) is 0 Å². The van der Waals surface area contributed by atoms with Gasteiger partial charge in [0.15, 0.2) is 0 Å². The zero-order chi connectivity index (χ0) is 34.2. The predicted octanol–water partition coefficient (Wildman–Crippen LogP) is 12.6. The van der Waals surface area contributed by atoms with Crippen molar-refractivity contribution in [3.05, 3.63) is 188 Å². The molecule has 8 rings (SSSR count). The van der Waals surface area contributed by atoms with Crippen LogP contribution in [0.3, 0.4) is 0 Å². The first-order valence-corrected chi connectivity index (χ1v) is 15.3. The summed E-state index contributed by atoms with van der Waals surface area (Å²) in [6.07, 6.45) is 0. The number of anilines is 3. The lowest BCUT2D eigenvalue weighted by molar-refractivity contribution is 0.631. The first kappa shape index (κ1) is 23.3. The highest BCUT2D eigenvalue weighted by atomic mass is 16.3. The Morgan fingerprint density at radius 2 is 0.870 bits per heavy atom. The predicted molar refractivity (Wildman–Crippen MR) is 193 cm³/mol. The molecule has 1 heterocycles. The summed E-state index contributed by atoms with van der Waals surface area (Å²) < 4.78 is 43.3. The van der Waals surface area contributed by atoms with Gasteiger partial charge in [0.2, 0.25) is 0 Å². The number of furan rings is 1. The number of rotatable bonds is 7. The molecule has 1 aromatic heterocycles. The van der Waals surface area contributed by atoms with Crippen LogP contribution in [-0.2, 0) is 0 Å². The highest BCUT2D eigenvalue weighted by Crippen LogP contribution is 2.38. The lowest BCUT2D eigenvalue weighted by Crippen LogP contribution is -2.09. The number of hydrogen-bond donors (Lipinski definition) is 0. The zero-order valence-corrected chi connectivity index (χ0v) is 24.9. The highest BCUT2D eigenvalue weighted by molar-refractivity contribution is 5.85. The second-order valence-corrected chi connectivity index (χ2v) is 11.1. The standard InChI is InChI=1S/C44H31NO/c1-3-10-32(11-4-1)34-18-24-40(25-19-34)45(41-26-20-35(21-27-41)33-12-5-2-6-13-33)42-28-22-36(23-29-42)37-15-9-16-38(30-37)44-31-39-14-7-8-17-43(39)46-44/h1-31H/i22D,23D,28D,29D. The van der Waals surface area contributed by atoms with E-state index in [9.17, 15) is 5.48 Å². The minimum atomic E-state index is -0.130. The molecule has 46 heavy (non-hydrogen) atoms. The summed E-state index contributed by atoms with van der Waals surface area (Å²) in [7, 11) is 0. The maximum Gasteiger partial charge on any atom is 0.135 e. The van der Waals surface area contributed by atoms with E-state index in [1.165, 1.54) is 0 Å². The van der Waals surface area contributed by atoms with E-state index in [-0.39, 0.29) is 35.4 Å². The van der Waals surface area contributed by atoms with E-state index in [4.69, 9.17) is 4.42 Å². The van der Waals surface area contributed by atoms with E-state index in [0.717, 1.165) is 50.2 Å². The van der Waals surface area contributed by atoms with Crippen LogP contribution in [-0.4, -0.2) is 0 Å². The Balaban J connectivity index is 1.25. The minimum absolute atomic E-state index is 0.116. The van der Waals surface area contributed by atoms with Crippen LogP contribution in [0.2, 0.25) is 0 Å². The summed E-state index contributed by atoms with van der Waals surface area (Å²) >= 11 is 0. The van der Waals surface area contributed by atoms with Crippen LogP contribution in [0, 0.1) is 0 Å². The molecule has 7 aromatic carbocycles. The second kappa shape index (κ2) is 12.1. The average Bonchev–Trinajstić information content (AvgIpc) is 3.62. The number of fused-ring (bicyclic) bond motifs is 1. The number of nitrogens with zero attached hydrogens (tertiary/aromatic N) is 1. The van der Waals surface area contributed by atoms with Crippen molar-refractivity contribution >= 4 is 28.0 Å². The largest absolute Gasteiger partial charge is 0.456 e. The summed E-state index contributed by atoms with van der Waals surface area (Å²) in [5, 5.41) is 0.982. The van der Waals surface area contributed by atoms with Crippen molar-refractivity contribution in [2.24, 2.45) is 0 Å². The SMILES string of the molecule is [2H]c1c([2H])c(N(c2ccc(-c3ccccc3)cc2)c2ccc(-c3ccccc3)cc2)c([2H])c([2H])c1-c1cccc(-c2cc3ccccc3o2)c1. The molecule has 0 aliphatic rings. The topological polar surface area (TPSA) is 16.4 Å². The molecule has 2 heteroatoms. The summed E-state index contributed by atoms with van der Waals surface area (Å²) in [5.74, 6) is 0.670. The smallest absolute Gasteiger partial charge is 0.135 e. The summed E-state index contributed by atoms with van der Waals surface area (Å²) in [6.45, 7) is 0. The first-order valence-electron chi connectivity index (χ1n) is 17.3. The molecule has 0 atom stereocenters. The number of benzene rings is 7. The van der Waals surface area contributed by atoms with Gasteiger partial charge in [0, 0.05) is 28.0 Å². The molecule has 2 nitrogen and oxygen atoms in total. The van der Waals surface area contributed by atoms with E-state index in [0.29, 0.717) is 11.3 Å². The van der Waals surface area contributed by atoms with Crippen molar-refractivity contribution in [3.63, 3.8) is 0 Å². The lowest BCUT2D eigenvalue weighted by atomic mass is 10.0. The molecule has 0 amide bonds. The van der Waals surface area contributed by atoms with Crippen LogP contribution in [0.25, 0.3) is 55.7 Å². The summed E-state index contributed by atoms with van der Waals surface area (Å²) in [5.41, 5.74) is 8.23. The van der Waals surface area contributed by atoms with Crippen molar-refractivity contribution in [2.45, 2.75) is 0 Å². The average molecular weight is 594 g/mol. The van der Waals surface area contributed by atoms with E-state index < -0.39 is 0 Å². The van der Waals surface area contributed by atoms with Crippen molar-refractivity contribution in [1.82, 2.24) is 0 Å². The maximum atomic E-state index is 9.35. The zero-order valence-electron chi connectivity index (χ0n) is 28.9. The molecule has 0 aliphatic carbocycles. The normalized spacial score (nSPS) is 12.3. The van der Waals surface area contributed by atoms with Crippen LogP contribution >= 0.6 is 0 Å². The van der Waals surface area contributed by atoms with Gasteiger partial charge in [-0.3, -0.25) is 0 Å². The monoisotopic (exact) mass is 593 g/mol. The van der Waals surface area contributed by atoms with Crippen molar-refractivity contribution in [3.8, 4) is 44.7 Å². The Morgan fingerprint density at radius 1 is 0.370 bits per heavy atom. The Labute approximate surface area is 275 Å². The van der Waals surface area contributed by atoms with Gasteiger partial charge in [0.05, 0.1) is 5.48 Å². The Hall–Kier alpha value is -6.12. The third-order valence-corrected chi connectivity index (χ3v) is 8.16. The molecule has 0 fully saturated rings. The molecule has 0 radical (unpaired) electrons. The molecule has 0 unspecified atom stereocenters. The van der Waals surface area contributed by atoms with Gasteiger partial charge < -0.3 is 9.32 Å². The lowest BCUT2D eigenvalue weighted by Gasteiger charge is -2.26. The van der Waals surface area contributed by atoms with Gasteiger partial charge in [-0.15, -0.1) is 0 Å². The molecule has 0 spiro atoms. The van der Waals surface area contributed by atoms with E-state index in [1.54, 1.807) is 0 Å². The molecule has 0 saturated carbocycles. The highest BCUT2D eigenvalue weighted by Gasteiger charge is 2.14. The van der Waals surface area contributed by atoms with Crippen LogP contribution < -0.4 is 4.90 Å². The fourth-order valence-corrected chi connectivity index (χ4v) is 5.79. The minimum Gasteiger partial charge on any atom is -0.456 e. The van der Waals surface area contributed by atoms with Gasteiger partial charge in [-0.1, -0.05) is 133 Å². The maximum absolute atomic E-state index is 9.35. The fraction of sp³-hybridized carbons (Fsp3) is 0. The van der Waals surface area contributed by atoms with Crippen molar-refractivity contribution in [2.75, 3.05) is 4.90 Å². The number of hydrogen-bond acceptors (Lipinski definition) is 2. The van der Waals surface area contributed by atoms with Crippen LogP contribution in [0.15, 0.2) is 192 Å².